The van der Waals surface area contributed by atoms with Crippen LogP contribution in [0.15, 0.2) is 48.6 Å². The van der Waals surface area contributed by atoms with Crippen molar-refractivity contribution in [1.29, 1.82) is 0 Å². The second-order valence-electron chi connectivity index (χ2n) is 23.1. The first-order valence-corrected chi connectivity index (χ1v) is 33.9. The van der Waals surface area contributed by atoms with Gasteiger partial charge in [0.15, 0.2) is 0 Å². The van der Waals surface area contributed by atoms with Crippen molar-refractivity contribution in [3.63, 3.8) is 0 Å². The number of aliphatic hydroxyl groups is 2. The van der Waals surface area contributed by atoms with E-state index in [9.17, 15) is 19.8 Å². The zero-order chi connectivity index (χ0) is 55.0. The predicted molar refractivity (Wildman–Crippen MR) is 333 cm³/mol. The van der Waals surface area contributed by atoms with Crippen LogP contribution in [0.25, 0.3) is 0 Å². The Bertz CT molecular complexity index is 1270. The van der Waals surface area contributed by atoms with Crippen molar-refractivity contribution < 1.29 is 24.5 Å². The van der Waals surface area contributed by atoms with Gasteiger partial charge in [0.1, 0.15) is 0 Å². The molecule has 6 heteroatoms. The minimum Gasteiger partial charge on any atom is -0.466 e. The van der Waals surface area contributed by atoms with E-state index in [1.807, 2.05) is 6.08 Å². The van der Waals surface area contributed by atoms with Crippen molar-refractivity contribution in [2.45, 2.75) is 373 Å². The molecule has 0 saturated heterocycles. The second kappa shape index (κ2) is 65.3. The van der Waals surface area contributed by atoms with Gasteiger partial charge in [-0.25, -0.2) is 0 Å². The molecule has 0 aliphatic heterocycles. The lowest BCUT2D eigenvalue weighted by molar-refractivity contribution is -0.143. The molecule has 0 rings (SSSR count). The molecule has 446 valence electrons. The first-order chi connectivity index (χ1) is 37.5. The van der Waals surface area contributed by atoms with Gasteiger partial charge >= 0.3 is 5.97 Å². The third-order valence-corrected chi connectivity index (χ3v) is 15.6. The number of nitrogens with one attached hydrogen (secondary N) is 1. The van der Waals surface area contributed by atoms with Gasteiger partial charge in [-0.3, -0.25) is 9.59 Å². The molecule has 76 heavy (non-hydrogen) atoms. The van der Waals surface area contributed by atoms with Crippen LogP contribution in [0.2, 0.25) is 0 Å². The van der Waals surface area contributed by atoms with E-state index in [0.717, 1.165) is 51.4 Å². The number of unbranched alkanes of at least 4 members (excludes halogenated alkanes) is 46. The quantitative estimate of drug-likeness (QED) is 0.0320. The molecule has 6 nitrogen and oxygen atoms in total. The lowest BCUT2D eigenvalue weighted by Gasteiger charge is -2.20. The first-order valence-electron chi connectivity index (χ1n) is 33.9. The maximum atomic E-state index is 12.5. The van der Waals surface area contributed by atoms with Gasteiger partial charge < -0.3 is 20.3 Å². The fourth-order valence-electron chi connectivity index (χ4n) is 10.4. The van der Waals surface area contributed by atoms with Crippen LogP contribution in [0.3, 0.4) is 0 Å². The molecule has 0 bridgehead atoms. The molecule has 0 radical (unpaired) electrons. The summed E-state index contributed by atoms with van der Waals surface area (Å²) in [5.41, 5.74) is 0. The number of hydrogen-bond donors (Lipinski definition) is 3. The Morgan fingerprint density at radius 1 is 0.368 bits per heavy atom. The maximum Gasteiger partial charge on any atom is 0.305 e. The number of allylic oxidation sites excluding steroid dienone is 7. The molecule has 3 N–H and O–H groups in total. The van der Waals surface area contributed by atoms with Crippen LogP contribution in [0.4, 0.5) is 0 Å². The van der Waals surface area contributed by atoms with E-state index in [1.54, 1.807) is 6.08 Å². The maximum absolute atomic E-state index is 12.5. The molecule has 0 aromatic heterocycles. The number of hydrogen-bond acceptors (Lipinski definition) is 5. The van der Waals surface area contributed by atoms with Crippen LogP contribution >= 0.6 is 0 Å². The monoisotopic (exact) mass is 1070 g/mol. The Morgan fingerprint density at radius 3 is 1.04 bits per heavy atom. The van der Waals surface area contributed by atoms with E-state index in [-0.39, 0.29) is 18.5 Å². The van der Waals surface area contributed by atoms with Crippen molar-refractivity contribution in [3.05, 3.63) is 48.6 Å². The fraction of sp³-hybridized carbons (Fsp3) is 0.857. The van der Waals surface area contributed by atoms with Gasteiger partial charge in [-0.15, -0.1) is 0 Å². The third kappa shape index (κ3) is 61.0. The normalized spacial score (nSPS) is 12.8. The fourth-order valence-corrected chi connectivity index (χ4v) is 10.4. The van der Waals surface area contributed by atoms with Gasteiger partial charge in [-0.05, 0) is 89.9 Å². The van der Waals surface area contributed by atoms with Gasteiger partial charge in [0, 0.05) is 12.8 Å². The van der Waals surface area contributed by atoms with Crippen LogP contribution in [0, 0.1) is 0 Å². The molecular formula is C70H131NO5. The van der Waals surface area contributed by atoms with E-state index in [4.69, 9.17) is 4.74 Å². The summed E-state index contributed by atoms with van der Waals surface area (Å²) in [6.45, 7) is 4.89. The molecule has 0 aromatic rings. The molecule has 0 spiro atoms. The Morgan fingerprint density at radius 2 is 0.658 bits per heavy atom. The van der Waals surface area contributed by atoms with Crippen molar-refractivity contribution in [2.75, 3.05) is 13.2 Å². The minimum absolute atomic E-state index is 0.00764. The van der Waals surface area contributed by atoms with Crippen LogP contribution in [0.5, 0.6) is 0 Å². The van der Waals surface area contributed by atoms with Crippen LogP contribution in [-0.2, 0) is 14.3 Å². The Balaban J connectivity index is 3.39. The Hall–Kier alpha value is -2.18. The number of carbonyl (C=O) groups excluding carboxylic acids is 2. The summed E-state index contributed by atoms with van der Waals surface area (Å²) < 4.78 is 5.49. The number of rotatable bonds is 63. The van der Waals surface area contributed by atoms with E-state index >= 15 is 0 Å². The van der Waals surface area contributed by atoms with Crippen molar-refractivity contribution in [2.24, 2.45) is 0 Å². The van der Waals surface area contributed by atoms with E-state index in [2.05, 4.69) is 55.6 Å². The van der Waals surface area contributed by atoms with E-state index < -0.39 is 12.1 Å². The molecule has 0 aliphatic carbocycles. The molecule has 1 amide bonds. The summed E-state index contributed by atoms with van der Waals surface area (Å²) >= 11 is 0. The summed E-state index contributed by atoms with van der Waals surface area (Å²) in [4.78, 5) is 24.6. The van der Waals surface area contributed by atoms with Gasteiger partial charge in [-0.2, -0.15) is 0 Å². The van der Waals surface area contributed by atoms with Gasteiger partial charge in [0.2, 0.25) is 5.91 Å². The summed E-state index contributed by atoms with van der Waals surface area (Å²) in [5, 5.41) is 23.1. The average molecular weight is 1070 g/mol. The molecular weight excluding hydrogens is 935 g/mol. The molecule has 0 heterocycles. The summed E-state index contributed by atoms with van der Waals surface area (Å²) in [6, 6.07) is -0.628. The van der Waals surface area contributed by atoms with Crippen molar-refractivity contribution in [1.82, 2.24) is 5.32 Å². The molecule has 0 saturated carbocycles. The topological polar surface area (TPSA) is 95.9 Å². The Kier molecular flexibility index (Phi) is 63.5. The predicted octanol–water partition coefficient (Wildman–Crippen LogP) is 21.7. The second-order valence-corrected chi connectivity index (χ2v) is 23.1. The zero-order valence-electron chi connectivity index (χ0n) is 51.0. The van der Waals surface area contributed by atoms with Crippen LogP contribution in [-0.4, -0.2) is 47.4 Å². The summed E-state index contributed by atoms with van der Waals surface area (Å²) in [6.07, 6.45) is 84.6. The number of carbonyl (C=O) groups is 2. The highest BCUT2D eigenvalue weighted by molar-refractivity contribution is 5.76. The average Bonchev–Trinajstić information content (AvgIpc) is 3.42. The number of amides is 1. The first kappa shape index (κ1) is 73.8. The molecule has 2 unspecified atom stereocenters. The molecule has 0 fully saturated rings. The highest BCUT2D eigenvalue weighted by Gasteiger charge is 2.18. The SMILES string of the molecule is CCCCC/C=C\C/C=C\CCCCCCCCCC(=O)OCCCCCCCCCCCCCC/C=C\CCCCCCCCCCCCCCC(=O)NC(CO)C(O)/C=C/CCCCCCCCCCCCCC. The van der Waals surface area contributed by atoms with Crippen molar-refractivity contribution >= 4 is 11.9 Å². The lowest BCUT2D eigenvalue weighted by atomic mass is 10.0. The van der Waals surface area contributed by atoms with E-state index in [1.165, 1.54) is 283 Å². The molecule has 0 aliphatic rings. The molecule has 2 atom stereocenters. The molecule has 0 aromatic carbocycles. The number of ether oxygens (including phenoxy) is 1. The highest BCUT2D eigenvalue weighted by atomic mass is 16.5. The lowest BCUT2D eigenvalue weighted by Crippen LogP contribution is -2.45. The van der Waals surface area contributed by atoms with Crippen LogP contribution < -0.4 is 5.32 Å². The highest BCUT2D eigenvalue weighted by Crippen LogP contribution is 2.17. The Labute approximate surface area is 474 Å². The van der Waals surface area contributed by atoms with Gasteiger partial charge in [-0.1, -0.05) is 306 Å². The minimum atomic E-state index is -0.844. The number of aliphatic hydroxyl groups excluding tert-OH is 2. The van der Waals surface area contributed by atoms with Gasteiger partial charge in [0.25, 0.3) is 0 Å². The standard InChI is InChI=1S/C70H131NO5/c1-3-5-7-9-11-13-15-17-19-32-36-40-44-48-52-56-60-64-70(75)76-65-61-57-53-49-45-41-37-34-31-29-27-25-23-21-20-22-24-26-28-30-33-35-39-43-47-51-55-59-63-69(74)71-67(66-72)68(73)62-58-54-50-46-42-38-18-16-14-12-10-8-6-4-2/h11,13,17,19-21,58,62,67-68,72-73H,3-10,12,14-16,18,22-57,59-61,63-66H2,1-2H3,(H,71,74)/b13-11-,19-17-,21-20-,62-58+. The van der Waals surface area contributed by atoms with E-state index in [0.29, 0.717) is 19.4 Å². The zero-order valence-corrected chi connectivity index (χ0v) is 51.0. The van der Waals surface area contributed by atoms with Crippen LogP contribution in [0.1, 0.15) is 361 Å². The van der Waals surface area contributed by atoms with Gasteiger partial charge in [0.05, 0.1) is 25.4 Å². The summed E-state index contributed by atoms with van der Waals surface area (Å²) in [7, 11) is 0. The smallest absolute Gasteiger partial charge is 0.305 e. The largest absolute Gasteiger partial charge is 0.466 e. The number of esters is 1. The van der Waals surface area contributed by atoms with Crippen molar-refractivity contribution in [3.8, 4) is 0 Å². The third-order valence-electron chi connectivity index (χ3n) is 15.6. The summed E-state index contributed by atoms with van der Waals surface area (Å²) in [5.74, 6) is -0.0594.